The SMILES string of the molecule is CCC1(CC2=Cc3c(-c4ccc(C)cc4)cccc3[CH]2[Zr]([Cl])([Cl])([CH]2C(CC3(CC)CCCCCCCC3)=Cc3c(-c4ccc(C)cc4)cccc32)[SiH](C)C)CCCCCCCC1. The van der Waals surface area contributed by atoms with Gasteiger partial charge in [-0.3, -0.25) is 0 Å². The van der Waals surface area contributed by atoms with E-state index in [1.54, 1.807) is 11.1 Å². The zero-order valence-corrected chi connectivity index (χ0v) is 44.5. The summed E-state index contributed by atoms with van der Waals surface area (Å²) < 4.78 is 0.201. The van der Waals surface area contributed by atoms with E-state index in [1.807, 2.05) is 0 Å². The van der Waals surface area contributed by atoms with Crippen molar-refractivity contribution in [1.82, 2.24) is 0 Å². The van der Waals surface area contributed by atoms with Gasteiger partial charge in [-0.25, -0.2) is 0 Å². The van der Waals surface area contributed by atoms with Gasteiger partial charge in [0.1, 0.15) is 0 Å². The minimum atomic E-state index is -5.16. The molecule has 4 heteroatoms. The Bertz CT molecular complexity index is 2070. The first kappa shape index (κ1) is 46.6. The minimum absolute atomic E-state index is 0.100. The van der Waals surface area contributed by atoms with Gasteiger partial charge in [0.15, 0.2) is 0 Å². The number of hydrogen-bond acceptors (Lipinski definition) is 0. The molecule has 0 nitrogen and oxygen atoms in total. The number of benzene rings is 4. The molecule has 0 saturated heterocycles. The average molecular weight is 964 g/mol. The first-order chi connectivity index (χ1) is 29.9. The third-order valence-electron chi connectivity index (χ3n) is 17.2. The number of hydrogen-bond donors (Lipinski definition) is 0. The Balaban J connectivity index is 1.36. The van der Waals surface area contributed by atoms with Crippen molar-refractivity contribution in [3.05, 3.63) is 129 Å². The van der Waals surface area contributed by atoms with Crippen molar-refractivity contribution in [2.75, 3.05) is 0 Å². The number of fused-ring (bicyclic) bond motifs is 2. The van der Waals surface area contributed by atoms with Crippen molar-refractivity contribution in [2.45, 2.75) is 176 Å². The molecule has 2 saturated carbocycles. The van der Waals surface area contributed by atoms with Gasteiger partial charge in [0.05, 0.1) is 0 Å². The molecule has 0 heterocycles. The molecule has 0 amide bonds. The van der Waals surface area contributed by atoms with E-state index in [0.717, 1.165) is 12.8 Å². The van der Waals surface area contributed by atoms with Gasteiger partial charge in [-0.15, -0.1) is 0 Å². The third-order valence-corrected chi connectivity index (χ3v) is 69.1. The van der Waals surface area contributed by atoms with Crippen LogP contribution in [0.25, 0.3) is 34.4 Å². The standard InChI is InChI=1S/2C28H35.C2H7Si.2ClH.Zr/c2*1-3-28(17-8-6-4-5-7-9-18-28)21-23-19-25-11-10-12-26(27(25)20-23)24-15-13-22(2)14-16-24;1-3-2;;;/h2*10-16,19-20H,3-9,17-18,21H2,1-2H3;3H,1-2H3;2*1H;/q;;;;;+2/p-2. The van der Waals surface area contributed by atoms with Crippen LogP contribution in [0.2, 0.25) is 13.1 Å². The van der Waals surface area contributed by atoms with Crippen molar-refractivity contribution >= 4 is 35.1 Å². The second kappa shape index (κ2) is 19.5. The van der Waals surface area contributed by atoms with Gasteiger partial charge in [-0.2, -0.15) is 0 Å². The number of allylic oxidation sites excluding steroid dienone is 2. The summed E-state index contributed by atoms with van der Waals surface area (Å²) in [5.41, 5.74) is 17.3. The zero-order chi connectivity index (χ0) is 43.6. The summed E-state index contributed by atoms with van der Waals surface area (Å²) in [6, 6.07) is 32.9. The molecule has 4 aliphatic rings. The van der Waals surface area contributed by atoms with Crippen LogP contribution in [0.15, 0.2) is 96.1 Å². The molecule has 62 heavy (non-hydrogen) atoms. The number of aryl methyl sites for hydroxylation is 2. The molecular weight excluding hydrogens is 887 g/mol. The molecular formula is C58H77Cl2SiZr. The van der Waals surface area contributed by atoms with E-state index < -0.39 is 21.5 Å². The van der Waals surface area contributed by atoms with Gasteiger partial charge in [0.25, 0.3) is 0 Å². The van der Waals surface area contributed by atoms with E-state index in [-0.39, 0.29) is 18.1 Å². The Kier molecular flexibility index (Phi) is 14.6. The van der Waals surface area contributed by atoms with Crippen molar-refractivity contribution in [3.63, 3.8) is 0 Å². The zero-order valence-electron chi connectivity index (χ0n) is 39.4. The van der Waals surface area contributed by atoms with Crippen LogP contribution >= 0.6 is 17.0 Å². The van der Waals surface area contributed by atoms with E-state index in [4.69, 9.17) is 0 Å². The molecule has 0 bridgehead atoms. The summed E-state index contributed by atoms with van der Waals surface area (Å²) >= 11 is -5.16. The fourth-order valence-corrected chi connectivity index (χ4v) is 44.5. The summed E-state index contributed by atoms with van der Waals surface area (Å²) in [5, 5.41) is 0. The normalized spacial score (nSPS) is 22.4. The Morgan fingerprint density at radius 1 is 0.500 bits per heavy atom. The van der Waals surface area contributed by atoms with Gasteiger partial charge in [0.2, 0.25) is 0 Å². The molecule has 0 aliphatic heterocycles. The van der Waals surface area contributed by atoms with Gasteiger partial charge in [-0.1, -0.05) is 0 Å². The Morgan fingerprint density at radius 3 is 1.16 bits per heavy atom. The fraction of sp³-hybridized carbons (Fsp3) is 0.517. The summed E-state index contributed by atoms with van der Waals surface area (Å²) in [7, 11) is 18.7. The first-order valence-corrected chi connectivity index (χ1v) is 41.6. The second-order valence-corrected chi connectivity index (χ2v) is 63.8. The van der Waals surface area contributed by atoms with Crippen molar-refractivity contribution in [2.24, 2.45) is 10.8 Å². The van der Waals surface area contributed by atoms with Crippen LogP contribution in [-0.2, 0) is 15.6 Å². The van der Waals surface area contributed by atoms with Crippen LogP contribution in [-0.4, -0.2) is 5.92 Å². The fourth-order valence-electron chi connectivity index (χ4n) is 13.2. The van der Waals surface area contributed by atoms with Gasteiger partial charge in [0, 0.05) is 0 Å². The summed E-state index contributed by atoms with van der Waals surface area (Å²) in [5.74, 6) is -1.77. The van der Waals surface area contributed by atoms with Crippen LogP contribution < -0.4 is 0 Å². The third kappa shape index (κ3) is 9.10. The average Bonchev–Trinajstić information content (AvgIpc) is 3.89. The van der Waals surface area contributed by atoms with Crippen LogP contribution in [0.5, 0.6) is 0 Å². The molecule has 2 fully saturated rings. The molecule has 0 radical (unpaired) electrons. The quantitative estimate of drug-likeness (QED) is 0.131. The van der Waals surface area contributed by atoms with Gasteiger partial charge < -0.3 is 0 Å². The molecule has 4 aliphatic carbocycles. The predicted molar refractivity (Wildman–Crippen MR) is 274 cm³/mol. The van der Waals surface area contributed by atoms with Crippen LogP contribution in [0.1, 0.15) is 183 Å². The molecule has 2 unspecified atom stereocenters. The molecule has 0 aromatic heterocycles. The molecule has 8 rings (SSSR count). The Labute approximate surface area is 386 Å². The topological polar surface area (TPSA) is 0 Å². The van der Waals surface area contributed by atoms with Crippen molar-refractivity contribution < 1.29 is 15.6 Å². The molecule has 0 N–H and O–H groups in total. The van der Waals surface area contributed by atoms with Crippen LogP contribution in [0.3, 0.4) is 0 Å². The Hall–Kier alpha value is -1.96. The summed E-state index contributed by atoms with van der Waals surface area (Å²) in [6.45, 7) is 14.6. The van der Waals surface area contributed by atoms with Crippen molar-refractivity contribution in [3.8, 4) is 22.3 Å². The molecule has 2 atom stereocenters. The predicted octanol–water partition coefficient (Wildman–Crippen LogP) is 19.0. The summed E-state index contributed by atoms with van der Waals surface area (Å²) in [4.78, 5) is 0. The van der Waals surface area contributed by atoms with E-state index in [0.29, 0.717) is 0 Å². The van der Waals surface area contributed by atoms with E-state index in [9.17, 15) is 17.0 Å². The molecule has 4 aromatic carbocycles. The van der Waals surface area contributed by atoms with Gasteiger partial charge in [-0.05, 0) is 0 Å². The number of halogens is 2. The number of rotatable bonds is 11. The maximum atomic E-state index is 9.36. The van der Waals surface area contributed by atoms with E-state index in [2.05, 4.69) is 138 Å². The van der Waals surface area contributed by atoms with Crippen LogP contribution in [0, 0.1) is 24.7 Å². The second-order valence-electron chi connectivity index (χ2n) is 21.3. The van der Waals surface area contributed by atoms with Crippen LogP contribution in [0.4, 0.5) is 0 Å². The maximum absolute atomic E-state index is 9.36. The monoisotopic (exact) mass is 961 g/mol. The van der Waals surface area contributed by atoms with Crippen molar-refractivity contribution in [1.29, 1.82) is 0 Å². The molecule has 0 spiro atoms. The summed E-state index contributed by atoms with van der Waals surface area (Å²) in [6.07, 6.45) is 31.7. The molecule has 4 aromatic rings. The first-order valence-electron chi connectivity index (χ1n) is 25.3. The van der Waals surface area contributed by atoms with E-state index in [1.165, 1.54) is 171 Å². The Morgan fingerprint density at radius 2 is 0.839 bits per heavy atom. The van der Waals surface area contributed by atoms with E-state index >= 15 is 0 Å². The van der Waals surface area contributed by atoms with Gasteiger partial charge >= 0.3 is 390 Å². The molecule has 331 valence electrons.